The van der Waals surface area contributed by atoms with Gasteiger partial charge in [-0.25, -0.2) is 14.0 Å². The molecule has 88 valence electrons. The van der Waals surface area contributed by atoms with Gasteiger partial charge >= 0.3 is 11.7 Å². The van der Waals surface area contributed by atoms with Crippen LogP contribution in [0.5, 0.6) is 0 Å². The molecule has 1 heterocycles. The Morgan fingerprint density at radius 3 is 2.88 bits per heavy atom. The quantitative estimate of drug-likeness (QED) is 0.723. The van der Waals surface area contributed by atoms with Crippen LogP contribution >= 0.6 is 0 Å². The molecule has 2 rings (SSSR count). The molecule has 16 heavy (non-hydrogen) atoms. The monoisotopic (exact) mass is 228 g/mol. The lowest BCUT2D eigenvalue weighted by atomic mass is 10.6. The number of nitrogens with zero attached hydrogens (tertiary/aromatic N) is 2. The lowest BCUT2D eigenvalue weighted by molar-refractivity contribution is -0.153. The van der Waals surface area contributed by atoms with Crippen LogP contribution in [0.25, 0.3) is 0 Å². The minimum atomic E-state index is -2.05. The number of rotatable bonds is 4. The predicted molar refractivity (Wildman–Crippen MR) is 53.7 cm³/mol. The zero-order chi connectivity index (χ0) is 11.7. The summed E-state index contributed by atoms with van der Waals surface area (Å²) in [6.07, 6.45) is 2.60. The molecule has 0 amide bonds. The lowest BCUT2D eigenvalue weighted by Gasteiger charge is -2.07. The fourth-order valence-electron chi connectivity index (χ4n) is 1.53. The van der Waals surface area contributed by atoms with Gasteiger partial charge in [0.2, 0.25) is 0 Å². The first-order valence-corrected chi connectivity index (χ1v) is 5.24. The van der Waals surface area contributed by atoms with E-state index in [1.54, 1.807) is 6.92 Å². The standard InChI is InChI=1S/C10H13FN2O3/c1-2-16-9(14)8(11)13-6-5-12(10(13)15)7-3-4-7/h5-8H,2-4H2,1H3. The molecular formula is C10H13FN2O3. The summed E-state index contributed by atoms with van der Waals surface area (Å²) in [4.78, 5) is 22.8. The highest BCUT2D eigenvalue weighted by atomic mass is 19.1. The second-order valence-electron chi connectivity index (χ2n) is 3.71. The van der Waals surface area contributed by atoms with Crippen molar-refractivity contribution in [3.05, 3.63) is 22.9 Å². The Bertz CT molecular complexity index is 447. The number of carbonyl (C=O) groups is 1. The number of aromatic nitrogens is 2. The molecule has 0 aromatic carbocycles. The number of hydrogen-bond donors (Lipinski definition) is 0. The second kappa shape index (κ2) is 4.11. The SMILES string of the molecule is CCOC(=O)C(F)n1ccn(C2CC2)c1=O. The smallest absolute Gasteiger partial charge is 0.362 e. The Hall–Kier alpha value is -1.59. The summed E-state index contributed by atoms with van der Waals surface area (Å²) in [5, 5.41) is 0. The van der Waals surface area contributed by atoms with Crippen LogP contribution in [0, 0.1) is 0 Å². The zero-order valence-corrected chi connectivity index (χ0v) is 8.93. The van der Waals surface area contributed by atoms with Gasteiger partial charge in [0.1, 0.15) is 0 Å². The van der Waals surface area contributed by atoms with Crippen LogP contribution < -0.4 is 5.69 Å². The number of alkyl halides is 1. The van der Waals surface area contributed by atoms with E-state index in [0.717, 1.165) is 17.4 Å². The molecule has 1 aliphatic rings. The molecule has 5 nitrogen and oxygen atoms in total. The van der Waals surface area contributed by atoms with Gasteiger partial charge in [0.25, 0.3) is 6.30 Å². The summed E-state index contributed by atoms with van der Waals surface area (Å²) in [5.41, 5.74) is -0.497. The summed E-state index contributed by atoms with van der Waals surface area (Å²) in [6.45, 7) is 1.68. The average Bonchev–Trinajstić information content (AvgIpc) is 3.02. The van der Waals surface area contributed by atoms with E-state index in [1.807, 2.05) is 0 Å². The van der Waals surface area contributed by atoms with E-state index in [-0.39, 0.29) is 12.6 Å². The molecule has 0 aliphatic heterocycles. The summed E-state index contributed by atoms with van der Waals surface area (Å²) in [7, 11) is 0. The molecule has 0 N–H and O–H groups in total. The average molecular weight is 228 g/mol. The first-order valence-electron chi connectivity index (χ1n) is 5.24. The molecule has 1 saturated carbocycles. The van der Waals surface area contributed by atoms with E-state index in [4.69, 9.17) is 0 Å². The summed E-state index contributed by atoms with van der Waals surface area (Å²) < 4.78 is 20.3. The van der Waals surface area contributed by atoms with E-state index in [2.05, 4.69) is 4.74 Å². The fourth-order valence-corrected chi connectivity index (χ4v) is 1.53. The van der Waals surface area contributed by atoms with Crippen molar-refractivity contribution in [1.82, 2.24) is 9.13 Å². The molecule has 0 radical (unpaired) electrons. The summed E-state index contributed by atoms with van der Waals surface area (Å²) >= 11 is 0. The molecule has 0 spiro atoms. The maximum atomic E-state index is 13.5. The van der Waals surface area contributed by atoms with Gasteiger partial charge in [0.15, 0.2) is 0 Å². The van der Waals surface area contributed by atoms with Gasteiger partial charge in [-0.1, -0.05) is 0 Å². The third-order valence-electron chi connectivity index (χ3n) is 2.50. The molecule has 6 heteroatoms. The molecule has 1 aromatic heterocycles. The van der Waals surface area contributed by atoms with Crippen molar-refractivity contribution < 1.29 is 13.9 Å². The van der Waals surface area contributed by atoms with Gasteiger partial charge in [-0.15, -0.1) is 0 Å². The predicted octanol–water partition coefficient (Wildman–Crippen LogP) is 1.02. The van der Waals surface area contributed by atoms with Crippen molar-refractivity contribution >= 4 is 5.97 Å². The highest BCUT2D eigenvalue weighted by Crippen LogP contribution is 2.33. The zero-order valence-electron chi connectivity index (χ0n) is 8.93. The van der Waals surface area contributed by atoms with Crippen molar-refractivity contribution in [3.63, 3.8) is 0 Å². The van der Waals surface area contributed by atoms with E-state index in [0.29, 0.717) is 0 Å². The fraction of sp³-hybridized carbons (Fsp3) is 0.600. The van der Waals surface area contributed by atoms with Crippen molar-refractivity contribution in [1.29, 1.82) is 0 Å². The Morgan fingerprint density at radius 1 is 1.62 bits per heavy atom. The second-order valence-corrected chi connectivity index (χ2v) is 3.71. The van der Waals surface area contributed by atoms with Gasteiger partial charge < -0.3 is 4.74 Å². The molecule has 1 aromatic rings. The highest BCUT2D eigenvalue weighted by Gasteiger charge is 2.29. The Labute approximate surface area is 91.4 Å². The number of hydrogen-bond acceptors (Lipinski definition) is 3. The van der Waals surface area contributed by atoms with Gasteiger partial charge in [-0.2, -0.15) is 0 Å². The van der Waals surface area contributed by atoms with Gasteiger partial charge in [0, 0.05) is 18.4 Å². The first kappa shape index (κ1) is 10.9. The number of halogens is 1. The van der Waals surface area contributed by atoms with E-state index in [9.17, 15) is 14.0 Å². The van der Waals surface area contributed by atoms with Crippen molar-refractivity contribution in [2.45, 2.75) is 32.1 Å². The van der Waals surface area contributed by atoms with Gasteiger partial charge in [-0.3, -0.25) is 9.13 Å². The first-order chi connectivity index (χ1) is 7.65. The topological polar surface area (TPSA) is 53.2 Å². The maximum Gasteiger partial charge on any atom is 0.362 e. The Balaban J connectivity index is 2.20. The molecule has 0 saturated heterocycles. The number of esters is 1. The highest BCUT2D eigenvalue weighted by molar-refractivity contribution is 5.72. The van der Waals surface area contributed by atoms with Gasteiger partial charge in [0.05, 0.1) is 6.61 Å². The molecule has 1 fully saturated rings. The molecule has 1 aliphatic carbocycles. The van der Waals surface area contributed by atoms with Crippen LogP contribution in [0.4, 0.5) is 4.39 Å². The molecule has 1 atom stereocenters. The van der Waals surface area contributed by atoms with Crippen LogP contribution in [-0.4, -0.2) is 21.7 Å². The van der Waals surface area contributed by atoms with Gasteiger partial charge in [-0.05, 0) is 19.8 Å². The lowest BCUT2D eigenvalue weighted by Crippen LogP contribution is -2.29. The van der Waals surface area contributed by atoms with Crippen LogP contribution in [0.2, 0.25) is 0 Å². The number of carbonyl (C=O) groups excluding carboxylic acids is 1. The Morgan fingerprint density at radius 2 is 2.31 bits per heavy atom. The van der Waals surface area contributed by atoms with Crippen LogP contribution in [0.1, 0.15) is 32.1 Å². The summed E-state index contributed by atoms with van der Waals surface area (Å²) in [5.74, 6) is -1.03. The Kier molecular flexibility index (Phi) is 2.80. The van der Waals surface area contributed by atoms with Crippen molar-refractivity contribution in [2.75, 3.05) is 6.61 Å². The van der Waals surface area contributed by atoms with Crippen LogP contribution in [0.15, 0.2) is 17.2 Å². The van der Waals surface area contributed by atoms with Crippen LogP contribution in [0.3, 0.4) is 0 Å². The molecular weight excluding hydrogens is 215 g/mol. The molecule has 0 bridgehead atoms. The third kappa shape index (κ3) is 1.87. The summed E-state index contributed by atoms with van der Waals surface area (Å²) in [6, 6.07) is 0.170. The number of imidazole rings is 1. The van der Waals surface area contributed by atoms with E-state index >= 15 is 0 Å². The number of ether oxygens (including phenoxy) is 1. The normalized spacial score (nSPS) is 17.1. The van der Waals surface area contributed by atoms with Crippen LogP contribution in [-0.2, 0) is 9.53 Å². The molecule has 1 unspecified atom stereocenters. The maximum absolute atomic E-state index is 13.5. The largest absolute Gasteiger partial charge is 0.462 e. The van der Waals surface area contributed by atoms with Crippen molar-refractivity contribution in [3.8, 4) is 0 Å². The van der Waals surface area contributed by atoms with E-state index in [1.165, 1.54) is 17.0 Å². The minimum absolute atomic E-state index is 0.0946. The third-order valence-corrected chi connectivity index (χ3v) is 2.50. The minimum Gasteiger partial charge on any atom is -0.462 e. The van der Waals surface area contributed by atoms with Crippen molar-refractivity contribution in [2.24, 2.45) is 0 Å². The van der Waals surface area contributed by atoms with E-state index < -0.39 is 18.0 Å².